The molecule has 250 valence electrons. The van der Waals surface area contributed by atoms with Crippen LogP contribution in [0.1, 0.15) is 56.7 Å². The molecule has 1 saturated carbocycles. The third-order valence-corrected chi connectivity index (χ3v) is 12.7. The molecule has 5 aliphatic heterocycles. The third-order valence-electron chi connectivity index (χ3n) is 12.7. The van der Waals surface area contributed by atoms with Crippen molar-refractivity contribution in [3.05, 3.63) is 53.2 Å². The highest BCUT2D eigenvalue weighted by Gasteiger charge is 2.77. The monoisotopic (exact) mass is 658 g/mol. The molecule has 0 unspecified atom stereocenters. The number of anilines is 1. The molecule has 6 aliphatic rings. The number of piperazine rings is 1. The molecule has 1 N–H and O–H groups in total. The number of benzene rings is 2. The average Bonchev–Trinajstić information content (AvgIpc) is 3.38. The van der Waals surface area contributed by atoms with Gasteiger partial charge in [0, 0.05) is 43.2 Å². The molecule has 11 heteroatoms. The van der Waals surface area contributed by atoms with E-state index in [-0.39, 0.29) is 54.1 Å². The lowest BCUT2D eigenvalue weighted by atomic mass is 9.89. The number of pyridine rings is 1. The molecule has 4 saturated heterocycles. The van der Waals surface area contributed by atoms with Crippen molar-refractivity contribution in [2.24, 2.45) is 11.3 Å². The van der Waals surface area contributed by atoms with Gasteiger partial charge in [-0.3, -0.25) is 4.90 Å². The highest BCUT2D eigenvalue weighted by molar-refractivity contribution is 6.01. The van der Waals surface area contributed by atoms with Crippen LogP contribution in [-0.4, -0.2) is 75.7 Å². The Hall–Kier alpha value is -3.57. The summed E-state index contributed by atoms with van der Waals surface area (Å²) in [4.78, 5) is 19.3. The Bertz CT molecular complexity index is 2040. The van der Waals surface area contributed by atoms with Crippen molar-refractivity contribution in [2.45, 2.75) is 88.4 Å². The highest BCUT2D eigenvalue weighted by atomic mass is 19.3. The van der Waals surface area contributed by atoms with E-state index in [1.807, 2.05) is 12.1 Å². The van der Waals surface area contributed by atoms with Crippen molar-refractivity contribution in [3.63, 3.8) is 0 Å². The van der Waals surface area contributed by atoms with Gasteiger partial charge in [0.25, 0.3) is 5.92 Å². The number of aromatic nitrogens is 3. The van der Waals surface area contributed by atoms with Gasteiger partial charge in [0.1, 0.15) is 29.5 Å². The zero-order valence-electron chi connectivity index (χ0n) is 27.1. The summed E-state index contributed by atoms with van der Waals surface area (Å²) in [6.07, 6.45) is 4.76. The largest absolute Gasteiger partial charge is 0.461 e. The Morgan fingerprint density at radius 3 is 2.73 bits per heavy atom. The molecule has 5 fully saturated rings. The van der Waals surface area contributed by atoms with Crippen molar-refractivity contribution < 1.29 is 22.3 Å². The molecule has 6 atom stereocenters. The number of aryl methyl sites for hydroxylation is 1. The van der Waals surface area contributed by atoms with E-state index in [0.717, 1.165) is 49.9 Å². The summed E-state index contributed by atoms with van der Waals surface area (Å²) in [5.41, 5.74) is 0.472. The SMILES string of the molecule is Cc1c(F)ccc2cccc(-c3nc4c5c(nc(OC[C@@]67CCCN6C[C@@]6(CC6(F)F)C7)nc5c3F)N3C[C@H]5CC[C@H](N5)[C@@H]3[C@@H](C)C4)c12. The molecule has 48 heavy (non-hydrogen) atoms. The average molecular weight is 659 g/mol. The minimum Gasteiger partial charge on any atom is -0.461 e. The first-order valence-electron chi connectivity index (χ1n) is 17.4. The fraction of sp³-hybridized carbons (Fsp3) is 0.541. The number of hydrogen-bond donors (Lipinski definition) is 1. The fourth-order valence-electron chi connectivity index (χ4n) is 10.4. The van der Waals surface area contributed by atoms with Crippen LogP contribution in [0.15, 0.2) is 30.3 Å². The second kappa shape index (κ2) is 9.78. The van der Waals surface area contributed by atoms with Crippen LogP contribution in [0.4, 0.5) is 23.4 Å². The smallest absolute Gasteiger partial charge is 0.319 e. The zero-order valence-corrected chi connectivity index (χ0v) is 27.1. The number of alkyl halides is 2. The lowest BCUT2D eigenvalue weighted by Crippen LogP contribution is -2.60. The maximum Gasteiger partial charge on any atom is 0.319 e. The molecule has 2 bridgehead atoms. The molecular formula is C37H38F4N6O. The number of ether oxygens (including phenoxy) is 1. The number of nitrogens with one attached hydrogen (secondary N) is 1. The summed E-state index contributed by atoms with van der Waals surface area (Å²) in [5, 5.41) is 5.81. The first kappa shape index (κ1) is 29.4. The van der Waals surface area contributed by atoms with E-state index in [1.54, 1.807) is 19.1 Å². The maximum absolute atomic E-state index is 17.2. The summed E-state index contributed by atoms with van der Waals surface area (Å²) in [7, 11) is 0. The number of hydrogen-bond acceptors (Lipinski definition) is 7. The van der Waals surface area contributed by atoms with E-state index in [2.05, 4.69) is 22.0 Å². The van der Waals surface area contributed by atoms with E-state index in [1.165, 1.54) is 6.07 Å². The summed E-state index contributed by atoms with van der Waals surface area (Å²) < 4.78 is 67.6. The maximum atomic E-state index is 17.2. The van der Waals surface area contributed by atoms with Gasteiger partial charge >= 0.3 is 6.01 Å². The van der Waals surface area contributed by atoms with Crippen LogP contribution in [0.3, 0.4) is 0 Å². The summed E-state index contributed by atoms with van der Waals surface area (Å²) in [6, 6.07) is 9.43. The van der Waals surface area contributed by atoms with E-state index in [9.17, 15) is 13.2 Å². The first-order valence-corrected chi connectivity index (χ1v) is 17.4. The minimum absolute atomic E-state index is 0.0589. The standard InChI is InChI=1S/C37H38F4N6O/c1-19-13-26-28-31(29(39)30(43-26)23-6-3-5-21-7-9-24(38)20(2)27(21)23)44-34(45-33(28)47-14-22-8-10-25(42-22)32(19)47)48-18-36-11-4-12-46(36)17-35(15-36)16-37(35,40)41/h3,5-7,9,19,22,25,32,42H,4,8,10-18H2,1-2H3/t19-,22+,25-,32-,35-,36-/m0/s1. The summed E-state index contributed by atoms with van der Waals surface area (Å²) in [6.45, 7) is 5.99. The number of rotatable bonds is 4. The van der Waals surface area contributed by atoms with Crippen molar-refractivity contribution in [2.75, 3.05) is 31.1 Å². The van der Waals surface area contributed by atoms with Crippen LogP contribution in [0.5, 0.6) is 6.01 Å². The molecule has 0 amide bonds. The Kier molecular flexibility index (Phi) is 5.98. The molecule has 7 nitrogen and oxygen atoms in total. The summed E-state index contributed by atoms with van der Waals surface area (Å²) >= 11 is 0. The molecule has 1 spiro atoms. The van der Waals surface area contributed by atoms with E-state index < -0.39 is 22.7 Å². The van der Waals surface area contributed by atoms with Crippen molar-refractivity contribution in [3.8, 4) is 17.3 Å². The van der Waals surface area contributed by atoms with Crippen LogP contribution in [0, 0.1) is 29.9 Å². The molecule has 10 rings (SSSR count). The second-order valence-electron chi connectivity index (χ2n) is 15.6. The van der Waals surface area contributed by atoms with Crippen molar-refractivity contribution in [1.29, 1.82) is 0 Å². The van der Waals surface area contributed by atoms with Crippen molar-refractivity contribution in [1.82, 2.24) is 25.2 Å². The second-order valence-corrected chi connectivity index (χ2v) is 15.6. The first-order chi connectivity index (χ1) is 23.1. The number of halogens is 4. The van der Waals surface area contributed by atoms with Gasteiger partial charge in [-0.15, -0.1) is 0 Å². The van der Waals surface area contributed by atoms with Crippen molar-refractivity contribution >= 4 is 27.5 Å². The van der Waals surface area contributed by atoms with Crippen LogP contribution >= 0.6 is 0 Å². The van der Waals surface area contributed by atoms with Gasteiger partial charge < -0.3 is 15.0 Å². The van der Waals surface area contributed by atoms with Crippen LogP contribution in [-0.2, 0) is 6.42 Å². The van der Waals surface area contributed by atoms with Crippen LogP contribution in [0.25, 0.3) is 32.9 Å². The molecule has 1 aliphatic carbocycles. The molecule has 0 radical (unpaired) electrons. The Balaban J connectivity index is 1.14. The summed E-state index contributed by atoms with van der Waals surface area (Å²) in [5.74, 6) is -2.78. The number of nitrogens with zero attached hydrogens (tertiary/aromatic N) is 5. The molecular weight excluding hydrogens is 620 g/mol. The van der Waals surface area contributed by atoms with Gasteiger partial charge in [0.15, 0.2) is 5.82 Å². The Morgan fingerprint density at radius 2 is 1.90 bits per heavy atom. The lowest BCUT2D eigenvalue weighted by molar-refractivity contribution is 0.0647. The quantitative estimate of drug-likeness (QED) is 0.249. The van der Waals surface area contributed by atoms with Gasteiger partial charge in [0.05, 0.1) is 22.0 Å². The predicted octanol–water partition coefficient (Wildman–Crippen LogP) is 6.58. The highest BCUT2D eigenvalue weighted by Crippen LogP contribution is 2.69. The molecule has 7 heterocycles. The fourth-order valence-corrected chi connectivity index (χ4v) is 10.4. The van der Waals surface area contributed by atoms with E-state index in [0.29, 0.717) is 53.1 Å². The van der Waals surface area contributed by atoms with Gasteiger partial charge in [-0.05, 0) is 80.3 Å². The van der Waals surface area contributed by atoms with Crippen LogP contribution in [0.2, 0.25) is 0 Å². The van der Waals surface area contributed by atoms with E-state index in [4.69, 9.17) is 19.7 Å². The van der Waals surface area contributed by atoms with Crippen LogP contribution < -0.4 is 15.0 Å². The number of fused-ring (bicyclic) bond motifs is 7. The van der Waals surface area contributed by atoms with Gasteiger partial charge in [-0.1, -0.05) is 31.2 Å². The topological polar surface area (TPSA) is 66.4 Å². The third kappa shape index (κ3) is 3.97. The Morgan fingerprint density at radius 1 is 1.04 bits per heavy atom. The van der Waals surface area contributed by atoms with Gasteiger partial charge in [-0.2, -0.15) is 9.97 Å². The van der Waals surface area contributed by atoms with E-state index >= 15 is 4.39 Å². The predicted molar refractivity (Wildman–Crippen MR) is 175 cm³/mol. The minimum atomic E-state index is -2.63. The molecule has 2 aromatic heterocycles. The van der Waals surface area contributed by atoms with Gasteiger partial charge in [-0.25, -0.2) is 22.5 Å². The zero-order chi connectivity index (χ0) is 32.7. The molecule has 4 aromatic rings. The lowest BCUT2D eigenvalue weighted by Gasteiger charge is -2.43. The van der Waals surface area contributed by atoms with Gasteiger partial charge in [0.2, 0.25) is 0 Å². The Labute approximate surface area is 276 Å². The normalized spacial score (nSPS) is 33.0. The molecule has 2 aromatic carbocycles.